The number of rotatable bonds is 5. The Morgan fingerprint density at radius 1 is 0.966 bits per heavy atom. The molecule has 0 spiro atoms. The number of benzene rings is 2. The van der Waals surface area contributed by atoms with E-state index in [1.165, 1.54) is 36.4 Å². The second-order valence-electron chi connectivity index (χ2n) is 6.58. The Bertz CT molecular complexity index is 1070. The summed E-state index contributed by atoms with van der Waals surface area (Å²) in [5.41, 5.74) is 1.75. The molecule has 3 aromatic rings. The Hall–Kier alpha value is -3.42. The third-order valence-electron chi connectivity index (χ3n) is 4.82. The monoisotopic (exact) mass is 399 g/mol. The number of anilines is 1. The standard InChI is InChI=1S/C21H16F3N3O2/c1-2-14-18(12-7-9-13(22)10-8-12)26(11-17(23)24)25-19(14)27-20(28)15-5-3-4-6-16(15)21(27)29/h3-10,17H,2,11H2,1H3. The Morgan fingerprint density at radius 2 is 1.55 bits per heavy atom. The molecule has 0 unspecified atom stereocenters. The van der Waals surface area contributed by atoms with Gasteiger partial charge in [0.1, 0.15) is 12.4 Å². The third kappa shape index (κ3) is 3.10. The van der Waals surface area contributed by atoms with Crippen molar-refractivity contribution in [3.05, 3.63) is 71.0 Å². The molecule has 148 valence electrons. The molecular formula is C21H16F3N3O2. The lowest BCUT2D eigenvalue weighted by atomic mass is 10.0. The van der Waals surface area contributed by atoms with Gasteiger partial charge in [0.2, 0.25) is 0 Å². The van der Waals surface area contributed by atoms with Gasteiger partial charge in [0, 0.05) is 11.1 Å². The van der Waals surface area contributed by atoms with Crippen LogP contribution in [-0.2, 0) is 13.0 Å². The zero-order chi connectivity index (χ0) is 20.7. The molecule has 0 saturated heterocycles. The minimum Gasteiger partial charge on any atom is -0.268 e. The highest BCUT2D eigenvalue weighted by Crippen LogP contribution is 2.36. The van der Waals surface area contributed by atoms with Crippen molar-refractivity contribution >= 4 is 17.6 Å². The maximum absolute atomic E-state index is 13.4. The van der Waals surface area contributed by atoms with Crippen LogP contribution in [0.4, 0.5) is 19.0 Å². The molecule has 29 heavy (non-hydrogen) atoms. The number of nitrogens with zero attached hydrogens (tertiary/aromatic N) is 3. The molecule has 2 aromatic carbocycles. The van der Waals surface area contributed by atoms with Crippen LogP contribution in [-0.4, -0.2) is 28.0 Å². The smallest absolute Gasteiger partial charge is 0.267 e. The fraction of sp³-hybridized carbons (Fsp3) is 0.190. The van der Waals surface area contributed by atoms with Crippen molar-refractivity contribution in [3.63, 3.8) is 0 Å². The number of halogens is 3. The molecule has 0 bridgehead atoms. The van der Waals surface area contributed by atoms with Gasteiger partial charge in [-0.25, -0.2) is 18.1 Å². The summed E-state index contributed by atoms with van der Waals surface area (Å²) in [7, 11) is 0. The van der Waals surface area contributed by atoms with Gasteiger partial charge in [-0.1, -0.05) is 19.1 Å². The Balaban J connectivity index is 1.90. The predicted molar refractivity (Wildman–Crippen MR) is 101 cm³/mol. The first-order valence-corrected chi connectivity index (χ1v) is 9.04. The molecule has 1 aliphatic rings. The topological polar surface area (TPSA) is 55.2 Å². The van der Waals surface area contributed by atoms with Crippen LogP contribution >= 0.6 is 0 Å². The van der Waals surface area contributed by atoms with Crippen LogP contribution in [0.3, 0.4) is 0 Å². The lowest BCUT2D eigenvalue weighted by Gasteiger charge is -2.12. The summed E-state index contributed by atoms with van der Waals surface area (Å²) in [4.78, 5) is 26.6. The second-order valence-corrected chi connectivity index (χ2v) is 6.58. The first kappa shape index (κ1) is 18.9. The number of hydrogen-bond acceptors (Lipinski definition) is 3. The van der Waals surface area contributed by atoms with Crippen molar-refractivity contribution < 1.29 is 22.8 Å². The van der Waals surface area contributed by atoms with Crippen LogP contribution in [0.1, 0.15) is 33.2 Å². The second kappa shape index (κ2) is 7.20. The highest BCUT2D eigenvalue weighted by Gasteiger charge is 2.40. The van der Waals surface area contributed by atoms with Crippen molar-refractivity contribution in [3.8, 4) is 11.3 Å². The summed E-state index contributed by atoms with van der Waals surface area (Å²) < 4.78 is 40.8. The van der Waals surface area contributed by atoms with Crippen LogP contribution in [0.15, 0.2) is 48.5 Å². The number of carbonyl (C=O) groups is 2. The molecular weight excluding hydrogens is 383 g/mol. The van der Waals surface area contributed by atoms with Crippen molar-refractivity contribution in [2.24, 2.45) is 0 Å². The van der Waals surface area contributed by atoms with Crippen LogP contribution in [0.2, 0.25) is 0 Å². The van der Waals surface area contributed by atoms with Gasteiger partial charge >= 0.3 is 0 Å². The number of aromatic nitrogens is 2. The molecule has 2 heterocycles. The van der Waals surface area contributed by atoms with E-state index in [4.69, 9.17) is 0 Å². The van der Waals surface area contributed by atoms with Gasteiger partial charge in [-0.3, -0.25) is 14.3 Å². The predicted octanol–water partition coefficient (Wildman–Crippen LogP) is 4.32. The van der Waals surface area contributed by atoms with Gasteiger partial charge in [0.15, 0.2) is 5.82 Å². The van der Waals surface area contributed by atoms with E-state index in [1.54, 1.807) is 19.1 Å². The Kier molecular flexibility index (Phi) is 4.70. The van der Waals surface area contributed by atoms with E-state index in [2.05, 4.69) is 5.10 Å². The lowest BCUT2D eigenvalue weighted by molar-refractivity contribution is 0.0924. The molecule has 0 N–H and O–H groups in total. The maximum Gasteiger partial charge on any atom is 0.267 e. The van der Waals surface area contributed by atoms with Crippen molar-refractivity contribution in [1.29, 1.82) is 0 Å². The van der Waals surface area contributed by atoms with Crippen LogP contribution in [0.25, 0.3) is 11.3 Å². The summed E-state index contributed by atoms with van der Waals surface area (Å²) in [6.07, 6.45) is -2.37. The van der Waals surface area contributed by atoms with E-state index < -0.39 is 30.6 Å². The van der Waals surface area contributed by atoms with Gasteiger partial charge in [0.05, 0.1) is 16.8 Å². The normalized spacial score (nSPS) is 13.5. The van der Waals surface area contributed by atoms with Crippen molar-refractivity contribution in [2.45, 2.75) is 26.3 Å². The molecule has 5 nitrogen and oxygen atoms in total. The molecule has 0 fully saturated rings. The quantitative estimate of drug-likeness (QED) is 0.601. The maximum atomic E-state index is 13.4. The van der Waals surface area contributed by atoms with Crippen LogP contribution in [0.5, 0.6) is 0 Å². The van der Waals surface area contributed by atoms with Gasteiger partial charge in [0.25, 0.3) is 18.2 Å². The fourth-order valence-corrected chi connectivity index (χ4v) is 3.57. The summed E-state index contributed by atoms with van der Waals surface area (Å²) >= 11 is 0. The largest absolute Gasteiger partial charge is 0.268 e. The van der Waals surface area contributed by atoms with Gasteiger partial charge in [-0.2, -0.15) is 5.10 Å². The number of amides is 2. The molecule has 0 atom stereocenters. The Labute approximate surface area is 164 Å². The van der Waals surface area contributed by atoms with E-state index in [-0.39, 0.29) is 16.9 Å². The minimum absolute atomic E-state index is 0.0266. The molecule has 1 aromatic heterocycles. The van der Waals surface area contributed by atoms with E-state index in [1.807, 2.05) is 0 Å². The molecule has 4 rings (SSSR count). The zero-order valence-corrected chi connectivity index (χ0v) is 15.4. The minimum atomic E-state index is -2.70. The average Bonchev–Trinajstić information content (AvgIpc) is 3.17. The molecule has 0 radical (unpaired) electrons. The summed E-state index contributed by atoms with van der Waals surface area (Å²) in [6, 6.07) is 11.7. The van der Waals surface area contributed by atoms with Crippen LogP contribution in [0, 0.1) is 5.82 Å². The van der Waals surface area contributed by atoms with Crippen LogP contribution < -0.4 is 4.90 Å². The highest BCUT2D eigenvalue weighted by molar-refractivity contribution is 6.34. The SMILES string of the molecule is CCc1c(N2C(=O)c3ccccc3C2=O)nn(CC(F)F)c1-c1ccc(F)cc1. The lowest BCUT2D eigenvalue weighted by Crippen LogP contribution is -2.30. The number of imide groups is 1. The number of fused-ring (bicyclic) bond motifs is 1. The zero-order valence-electron chi connectivity index (χ0n) is 15.4. The van der Waals surface area contributed by atoms with Crippen molar-refractivity contribution in [2.75, 3.05) is 4.90 Å². The average molecular weight is 399 g/mol. The first-order chi connectivity index (χ1) is 13.9. The number of hydrogen-bond donors (Lipinski definition) is 0. The van der Waals surface area contributed by atoms with E-state index in [0.717, 1.165) is 9.58 Å². The van der Waals surface area contributed by atoms with E-state index in [0.29, 0.717) is 23.2 Å². The first-order valence-electron chi connectivity index (χ1n) is 9.04. The van der Waals surface area contributed by atoms with Gasteiger partial charge < -0.3 is 0 Å². The van der Waals surface area contributed by atoms with Gasteiger partial charge in [-0.05, 0) is 42.8 Å². The molecule has 0 saturated carbocycles. The van der Waals surface area contributed by atoms with E-state index in [9.17, 15) is 22.8 Å². The molecule has 0 aliphatic carbocycles. The third-order valence-corrected chi connectivity index (χ3v) is 4.82. The molecule has 1 aliphatic heterocycles. The van der Waals surface area contributed by atoms with Gasteiger partial charge in [-0.15, -0.1) is 0 Å². The highest BCUT2D eigenvalue weighted by atomic mass is 19.3. The summed E-state index contributed by atoms with van der Waals surface area (Å²) in [6.45, 7) is 1.06. The van der Waals surface area contributed by atoms with Crippen molar-refractivity contribution in [1.82, 2.24) is 9.78 Å². The molecule has 8 heteroatoms. The number of alkyl halides is 2. The fourth-order valence-electron chi connectivity index (χ4n) is 3.57. The molecule has 2 amide bonds. The Morgan fingerprint density at radius 3 is 2.07 bits per heavy atom. The summed E-state index contributed by atoms with van der Waals surface area (Å²) in [5.74, 6) is -1.54. The number of carbonyl (C=O) groups excluding carboxylic acids is 2. The summed E-state index contributed by atoms with van der Waals surface area (Å²) in [5, 5.41) is 4.21. The van der Waals surface area contributed by atoms with E-state index >= 15 is 0 Å².